The summed E-state index contributed by atoms with van der Waals surface area (Å²) in [6.07, 6.45) is 0.0806. The highest BCUT2D eigenvalue weighted by molar-refractivity contribution is 6.34. The summed E-state index contributed by atoms with van der Waals surface area (Å²) in [5.41, 5.74) is 1.10. The van der Waals surface area contributed by atoms with Crippen LogP contribution in [0.2, 0.25) is 10.0 Å². The first-order chi connectivity index (χ1) is 12.7. The summed E-state index contributed by atoms with van der Waals surface area (Å²) >= 11 is 12.3. The lowest BCUT2D eigenvalue weighted by atomic mass is 10.00. The van der Waals surface area contributed by atoms with Crippen LogP contribution in [0.5, 0.6) is 0 Å². The monoisotopic (exact) mass is 409 g/mol. The summed E-state index contributed by atoms with van der Waals surface area (Å²) in [6.45, 7) is 5.35. The molecule has 0 aliphatic rings. The number of ether oxygens (including phenoxy) is 1. The lowest BCUT2D eigenvalue weighted by molar-refractivity contribution is -0.155. The van der Waals surface area contributed by atoms with Gasteiger partial charge in [0.25, 0.3) is 0 Å². The Morgan fingerprint density at radius 2 is 1.63 bits per heavy atom. The number of benzene rings is 2. The molecule has 2 atom stereocenters. The van der Waals surface area contributed by atoms with Crippen molar-refractivity contribution in [3.63, 3.8) is 0 Å². The minimum Gasteiger partial charge on any atom is -0.460 e. The molecule has 0 aliphatic heterocycles. The number of esters is 1. The van der Waals surface area contributed by atoms with Gasteiger partial charge in [-0.25, -0.2) is 0 Å². The van der Waals surface area contributed by atoms with Crippen LogP contribution in [-0.2, 0) is 9.53 Å². The predicted octanol–water partition coefficient (Wildman–Crippen LogP) is 5.09. The third kappa shape index (κ3) is 7.15. The van der Waals surface area contributed by atoms with Crippen LogP contribution in [0.3, 0.4) is 0 Å². The summed E-state index contributed by atoms with van der Waals surface area (Å²) in [5.74, 6) is -0.346. The van der Waals surface area contributed by atoms with Crippen molar-refractivity contribution in [1.29, 1.82) is 0 Å². The molecule has 27 heavy (non-hydrogen) atoms. The number of hydrogen-bond acceptors (Lipinski definition) is 4. The molecular weight excluding hydrogens is 385 g/mol. The normalized spacial score (nSPS) is 13.9. The van der Waals surface area contributed by atoms with E-state index in [0.29, 0.717) is 10.0 Å². The number of carbonyl (C=O) groups excluding carboxylic acids is 1. The molecule has 0 radical (unpaired) electrons. The van der Waals surface area contributed by atoms with E-state index in [1.165, 1.54) is 0 Å². The number of rotatable bonds is 7. The molecule has 146 valence electrons. The zero-order valence-corrected chi connectivity index (χ0v) is 17.2. The van der Waals surface area contributed by atoms with E-state index in [9.17, 15) is 9.90 Å². The molecule has 2 N–H and O–H groups in total. The molecule has 0 bridgehead atoms. The Morgan fingerprint density at radius 1 is 1.04 bits per heavy atom. The van der Waals surface area contributed by atoms with E-state index in [4.69, 9.17) is 27.9 Å². The van der Waals surface area contributed by atoms with E-state index in [1.807, 2.05) is 51.1 Å². The third-order valence-electron chi connectivity index (χ3n) is 3.86. The Balaban J connectivity index is 2.29. The Bertz CT molecular complexity index is 740. The minimum absolute atomic E-state index is 0.0806. The molecule has 2 aromatic rings. The summed E-state index contributed by atoms with van der Waals surface area (Å²) in [7, 11) is 0. The van der Waals surface area contributed by atoms with Gasteiger partial charge in [-0.05, 0) is 50.1 Å². The van der Waals surface area contributed by atoms with Crippen LogP contribution in [0.15, 0.2) is 48.5 Å². The van der Waals surface area contributed by atoms with Gasteiger partial charge in [0.2, 0.25) is 0 Å². The Hall–Kier alpha value is -1.59. The second kappa shape index (κ2) is 9.56. The lowest BCUT2D eigenvalue weighted by Gasteiger charge is -2.27. The average molecular weight is 410 g/mol. The van der Waals surface area contributed by atoms with Gasteiger partial charge in [-0.1, -0.05) is 53.5 Å². The SMILES string of the molecule is CC(C)(C)OC(=O)CC(NC(CO)c1ccccc1)c1cc(Cl)cc(Cl)c1. The molecule has 2 rings (SSSR count). The van der Waals surface area contributed by atoms with Gasteiger partial charge < -0.3 is 15.2 Å². The first kappa shape index (κ1) is 21.7. The molecule has 6 heteroatoms. The number of aliphatic hydroxyl groups excluding tert-OH is 1. The highest BCUT2D eigenvalue weighted by Gasteiger charge is 2.25. The number of halogens is 2. The van der Waals surface area contributed by atoms with Gasteiger partial charge in [-0.2, -0.15) is 0 Å². The zero-order valence-electron chi connectivity index (χ0n) is 15.7. The number of hydrogen-bond donors (Lipinski definition) is 2. The van der Waals surface area contributed by atoms with Crippen LogP contribution in [0, 0.1) is 0 Å². The maximum Gasteiger partial charge on any atom is 0.308 e. The fourth-order valence-electron chi connectivity index (χ4n) is 2.78. The van der Waals surface area contributed by atoms with Crippen molar-refractivity contribution in [3.8, 4) is 0 Å². The van der Waals surface area contributed by atoms with E-state index in [1.54, 1.807) is 18.2 Å². The fourth-order valence-corrected chi connectivity index (χ4v) is 3.32. The van der Waals surface area contributed by atoms with Crippen molar-refractivity contribution in [1.82, 2.24) is 5.32 Å². The van der Waals surface area contributed by atoms with Crippen LogP contribution in [0.25, 0.3) is 0 Å². The van der Waals surface area contributed by atoms with Gasteiger partial charge >= 0.3 is 5.97 Å². The highest BCUT2D eigenvalue weighted by Crippen LogP contribution is 2.28. The molecule has 2 aromatic carbocycles. The van der Waals surface area contributed by atoms with Gasteiger partial charge in [-0.3, -0.25) is 4.79 Å². The second-order valence-electron chi connectivity index (χ2n) is 7.36. The topological polar surface area (TPSA) is 58.6 Å². The molecule has 0 heterocycles. The first-order valence-electron chi connectivity index (χ1n) is 8.77. The van der Waals surface area contributed by atoms with Gasteiger partial charge in [0.05, 0.1) is 19.1 Å². The molecule has 0 aliphatic carbocycles. The maximum atomic E-state index is 12.4. The van der Waals surface area contributed by atoms with Crippen LogP contribution in [-0.4, -0.2) is 23.3 Å². The quantitative estimate of drug-likeness (QED) is 0.625. The molecule has 0 fully saturated rings. The molecule has 2 unspecified atom stereocenters. The summed E-state index contributed by atoms with van der Waals surface area (Å²) in [5, 5.41) is 14.2. The van der Waals surface area contributed by atoms with E-state index in [2.05, 4.69) is 5.32 Å². The van der Waals surface area contributed by atoms with E-state index in [0.717, 1.165) is 11.1 Å². The molecule has 0 spiro atoms. The lowest BCUT2D eigenvalue weighted by Crippen LogP contribution is -2.32. The Kier molecular flexibility index (Phi) is 7.68. The van der Waals surface area contributed by atoms with Gasteiger partial charge in [0.1, 0.15) is 5.60 Å². The van der Waals surface area contributed by atoms with E-state index in [-0.39, 0.29) is 25.0 Å². The van der Waals surface area contributed by atoms with Crippen LogP contribution < -0.4 is 5.32 Å². The Labute approximate surface area is 170 Å². The van der Waals surface area contributed by atoms with Crippen LogP contribution >= 0.6 is 23.2 Å². The second-order valence-corrected chi connectivity index (χ2v) is 8.23. The van der Waals surface area contributed by atoms with Crippen LogP contribution in [0.1, 0.15) is 50.4 Å². The average Bonchev–Trinajstić information content (AvgIpc) is 2.56. The van der Waals surface area contributed by atoms with Gasteiger partial charge in [0, 0.05) is 16.1 Å². The Morgan fingerprint density at radius 3 is 2.15 bits per heavy atom. The van der Waals surface area contributed by atoms with Crippen molar-refractivity contribution in [2.24, 2.45) is 0 Å². The largest absolute Gasteiger partial charge is 0.460 e. The van der Waals surface area contributed by atoms with Crippen molar-refractivity contribution < 1.29 is 14.6 Å². The van der Waals surface area contributed by atoms with Crippen molar-refractivity contribution >= 4 is 29.2 Å². The van der Waals surface area contributed by atoms with Gasteiger partial charge in [-0.15, -0.1) is 0 Å². The molecule has 0 amide bonds. The first-order valence-corrected chi connectivity index (χ1v) is 9.53. The molecule has 4 nitrogen and oxygen atoms in total. The van der Waals surface area contributed by atoms with Crippen LogP contribution in [0.4, 0.5) is 0 Å². The zero-order chi connectivity index (χ0) is 20.0. The number of carbonyl (C=O) groups is 1. The minimum atomic E-state index is -0.580. The third-order valence-corrected chi connectivity index (χ3v) is 4.30. The molecule has 0 aromatic heterocycles. The summed E-state index contributed by atoms with van der Waals surface area (Å²) in [4.78, 5) is 12.4. The maximum absolute atomic E-state index is 12.4. The number of nitrogens with one attached hydrogen (secondary N) is 1. The van der Waals surface area contributed by atoms with Crippen molar-refractivity contribution in [2.45, 2.75) is 44.9 Å². The highest BCUT2D eigenvalue weighted by atomic mass is 35.5. The molecule has 0 saturated heterocycles. The fraction of sp³-hybridized carbons (Fsp3) is 0.381. The summed E-state index contributed by atoms with van der Waals surface area (Å²) in [6, 6.07) is 13.9. The van der Waals surface area contributed by atoms with Crippen molar-refractivity contribution in [2.75, 3.05) is 6.61 Å². The standard InChI is InChI=1S/C21H25Cl2NO3/c1-21(2,3)27-20(26)12-18(15-9-16(22)11-17(23)10-15)24-19(13-25)14-7-5-4-6-8-14/h4-11,18-19,24-25H,12-13H2,1-3H3. The molecular formula is C21H25Cl2NO3. The van der Waals surface area contributed by atoms with Gasteiger partial charge in [0.15, 0.2) is 0 Å². The smallest absolute Gasteiger partial charge is 0.308 e. The number of aliphatic hydroxyl groups is 1. The van der Waals surface area contributed by atoms with E-state index >= 15 is 0 Å². The molecule has 0 saturated carbocycles. The summed E-state index contributed by atoms with van der Waals surface area (Å²) < 4.78 is 5.46. The van der Waals surface area contributed by atoms with E-state index < -0.39 is 11.6 Å². The van der Waals surface area contributed by atoms with Crippen molar-refractivity contribution in [3.05, 3.63) is 69.7 Å². The predicted molar refractivity (Wildman–Crippen MR) is 109 cm³/mol.